The molecule has 1 amide bonds. The number of carbonyl (C=O) groups excluding carboxylic acids is 1. The first kappa shape index (κ1) is 14.6. The van der Waals surface area contributed by atoms with Crippen LogP contribution in [-0.4, -0.2) is 21.1 Å². The number of amides is 1. The van der Waals surface area contributed by atoms with Gasteiger partial charge in [-0.25, -0.2) is 4.98 Å². The zero-order chi connectivity index (χ0) is 14.5. The van der Waals surface area contributed by atoms with E-state index in [-0.39, 0.29) is 11.9 Å². The molecular formula is C13H12Cl2N4O. The van der Waals surface area contributed by atoms with Gasteiger partial charge >= 0.3 is 0 Å². The Morgan fingerprint density at radius 3 is 2.95 bits per heavy atom. The molecule has 1 unspecified atom stereocenters. The summed E-state index contributed by atoms with van der Waals surface area (Å²) >= 11 is 11.9. The van der Waals surface area contributed by atoms with Crippen molar-refractivity contribution in [2.24, 2.45) is 0 Å². The van der Waals surface area contributed by atoms with E-state index in [1.54, 1.807) is 31.2 Å². The summed E-state index contributed by atoms with van der Waals surface area (Å²) < 4.78 is 0. The van der Waals surface area contributed by atoms with E-state index in [2.05, 4.69) is 20.5 Å². The molecule has 1 aromatic heterocycles. The molecule has 1 aromatic carbocycles. The number of hydrogen-bond donors (Lipinski definition) is 2. The topological polar surface area (TPSA) is 70.7 Å². The van der Waals surface area contributed by atoms with Crippen LogP contribution in [0.1, 0.15) is 24.4 Å². The van der Waals surface area contributed by atoms with Gasteiger partial charge in [-0.15, -0.1) is 0 Å². The lowest BCUT2D eigenvalue weighted by molar-refractivity contribution is -0.117. The first-order valence-corrected chi connectivity index (χ1v) is 6.61. The van der Waals surface area contributed by atoms with E-state index in [0.29, 0.717) is 21.4 Å². The van der Waals surface area contributed by atoms with E-state index in [1.807, 2.05) is 0 Å². The van der Waals surface area contributed by atoms with Crippen LogP contribution < -0.4 is 5.32 Å². The van der Waals surface area contributed by atoms with Crippen molar-refractivity contribution < 1.29 is 4.79 Å². The van der Waals surface area contributed by atoms with E-state index in [9.17, 15) is 4.79 Å². The number of aromatic amines is 1. The molecule has 0 fully saturated rings. The van der Waals surface area contributed by atoms with Crippen LogP contribution >= 0.6 is 23.2 Å². The number of carbonyl (C=O) groups is 1. The van der Waals surface area contributed by atoms with Crippen molar-refractivity contribution in [3.63, 3.8) is 0 Å². The highest BCUT2D eigenvalue weighted by atomic mass is 35.5. The summed E-state index contributed by atoms with van der Waals surface area (Å²) in [6.45, 7) is 1.80. The number of rotatable bonds is 4. The third-order valence-electron chi connectivity index (χ3n) is 2.60. The normalized spacial score (nSPS) is 12.6. The van der Waals surface area contributed by atoms with Gasteiger partial charge in [-0.2, -0.15) is 5.10 Å². The molecule has 0 saturated heterocycles. The molecule has 5 nitrogen and oxygen atoms in total. The second-order valence-corrected chi connectivity index (χ2v) is 4.86. The molecule has 20 heavy (non-hydrogen) atoms. The fourth-order valence-electron chi connectivity index (χ4n) is 1.57. The lowest BCUT2D eigenvalue weighted by atomic mass is 10.2. The number of nitrogens with zero attached hydrogens (tertiary/aromatic N) is 2. The van der Waals surface area contributed by atoms with Crippen molar-refractivity contribution in [3.8, 4) is 0 Å². The van der Waals surface area contributed by atoms with Crippen LogP contribution in [0.2, 0.25) is 10.0 Å². The van der Waals surface area contributed by atoms with Crippen molar-refractivity contribution in [3.05, 3.63) is 52.0 Å². The van der Waals surface area contributed by atoms with Crippen LogP contribution in [0, 0.1) is 0 Å². The third kappa shape index (κ3) is 3.59. The van der Waals surface area contributed by atoms with Gasteiger partial charge in [0, 0.05) is 6.08 Å². The molecule has 2 N–H and O–H groups in total. The maximum atomic E-state index is 11.8. The van der Waals surface area contributed by atoms with Gasteiger partial charge in [-0.05, 0) is 24.6 Å². The monoisotopic (exact) mass is 310 g/mol. The fraction of sp³-hybridized carbons (Fsp3) is 0.154. The highest BCUT2D eigenvalue weighted by molar-refractivity contribution is 6.42. The quantitative estimate of drug-likeness (QED) is 0.853. The van der Waals surface area contributed by atoms with E-state index < -0.39 is 0 Å². The van der Waals surface area contributed by atoms with Gasteiger partial charge in [-0.3, -0.25) is 9.89 Å². The Labute approximate surface area is 126 Å². The molecule has 2 rings (SSSR count). The van der Waals surface area contributed by atoms with Crippen molar-refractivity contribution in [1.82, 2.24) is 20.5 Å². The van der Waals surface area contributed by atoms with Crippen molar-refractivity contribution >= 4 is 35.2 Å². The average Bonchev–Trinajstić information content (AvgIpc) is 2.94. The summed E-state index contributed by atoms with van der Waals surface area (Å²) in [5.74, 6) is 0.331. The van der Waals surface area contributed by atoms with Gasteiger partial charge < -0.3 is 5.32 Å². The van der Waals surface area contributed by atoms with Gasteiger partial charge in [-0.1, -0.05) is 35.3 Å². The first-order chi connectivity index (χ1) is 9.58. The van der Waals surface area contributed by atoms with E-state index in [4.69, 9.17) is 23.2 Å². The zero-order valence-electron chi connectivity index (χ0n) is 10.6. The van der Waals surface area contributed by atoms with Gasteiger partial charge in [0.2, 0.25) is 5.91 Å². The molecule has 104 valence electrons. The average molecular weight is 311 g/mol. The summed E-state index contributed by atoms with van der Waals surface area (Å²) in [5.41, 5.74) is 0.682. The van der Waals surface area contributed by atoms with E-state index >= 15 is 0 Å². The Bertz CT molecular complexity index is 625. The Balaban J connectivity index is 2.01. The Morgan fingerprint density at radius 1 is 1.45 bits per heavy atom. The highest BCUT2D eigenvalue weighted by Crippen LogP contribution is 2.26. The van der Waals surface area contributed by atoms with Crippen molar-refractivity contribution in [1.29, 1.82) is 0 Å². The highest BCUT2D eigenvalue weighted by Gasteiger charge is 2.10. The van der Waals surface area contributed by atoms with Gasteiger partial charge in [0.05, 0.1) is 16.1 Å². The van der Waals surface area contributed by atoms with E-state index in [1.165, 1.54) is 12.4 Å². The predicted molar refractivity (Wildman–Crippen MR) is 78.4 cm³/mol. The molecule has 0 aliphatic heterocycles. The van der Waals surface area contributed by atoms with Crippen LogP contribution in [0.15, 0.2) is 30.6 Å². The third-order valence-corrected chi connectivity index (χ3v) is 3.43. The minimum atomic E-state index is -0.260. The lowest BCUT2D eigenvalue weighted by Crippen LogP contribution is -2.25. The Morgan fingerprint density at radius 2 is 2.25 bits per heavy atom. The number of nitrogens with one attached hydrogen (secondary N) is 2. The molecule has 0 bridgehead atoms. The van der Waals surface area contributed by atoms with Gasteiger partial charge in [0.1, 0.15) is 12.2 Å². The molecule has 0 radical (unpaired) electrons. The minimum absolute atomic E-state index is 0.259. The van der Waals surface area contributed by atoms with Crippen LogP contribution in [-0.2, 0) is 4.79 Å². The summed E-state index contributed by atoms with van der Waals surface area (Å²) in [4.78, 5) is 15.8. The first-order valence-electron chi connectivity index (χ1n) is 5.86. The molecule has 2 aromatic rings. The standard InChI is InChI=1S/C13H12Cl2N4O/c1-8(13-16-7-17-19-13)18-11(20)6-5-9-3-2-4-10(14)12(9)15/h2-8H,1H3,(H,18,20)(H,16,17,19)/b6-5+. The largest absolute Gasteiger partial charge is 0.343 e. The SMILES string of the molecule is CC(NC(=O)/C=C/c1cccc(Cl)c1Cl)c1ncn[nH]1. The van der Waals surface area contributed by atoms with Gasteiger partial charge in [0.25, 0.3) is 0 Å². The second-order valence-electron chi connectivity index (χ2n) is 4.08. The summed E-state index contributed by atoms with van der Waals surface area (Å²) in [7, 11) is 0. The molecule has 1 atom stereocenters. The predicted octanol–water partition coefficient (Wildman–Crippen LogP) is 3.00. The van der Waals surface area contributed by atoms with Crippen LogP contribution in [0.3, 0.4) is 0 Å². The number of H-pyrrole nitrogens is 1. The van der Waals surface area contributed by atoms with Crippen molar-refractivity contribution in [2.45, 2.75) is 13.0 Å². The second kappa shape index (κ2) is 6.54. The molecular weight excluding hydrogens is 299 g/mol. The Kier molecular flexibility index (Phi) is 4.76. The van der Waals surface area contributed by atoms with Crippen LogP contribution in [0.4, 0.5) is 0 Å². The van der Waals surface area contributed by atoms with Gasteiger partial charge in [0.15, 0.2) is 0 Å². The number of hydrogen-bond acceptors (Lipinski definition) is 3. The zero-order valence-corrected chi connectivity index (χ0v) is 12.1. The fourth-order valence-corrected chi connectivity index (χ4v) is 1.94. The number of halogens is 2. The summed E-state index contributed by atoms with van der Waals surface area (Å²) in [6.07, 6.45) is 4.39. The maximum Gasteiger partial charge on any atom is 0.244 e. The van der Waals surface area contributed by atoms with E-state index in [0.717, 1.165) is 0 Å². The lowest BCUT2D eigenvalue weighted by Gasteiger charge is -2.08. The Hall–Kier alpha value is -1.85. The van der Waals surface area contributed by atoms with Crippen molar-refractivity contribution in [2.75, 3.05) is 0 Å². The molecule has 0 spiro atoms. The molecule has 1 heterocycles. The number of aromatic nitrogens is 3. The smallest absolute Gasteiger partial charge is 0.244 e. The molecule has 7 heteroatoms. The molecule has 0 aliphatic carbocycles. The summed E-state index contributed by atoms with van der Waals surface area (Å²) in [6, 6.07) is 4.97. The van der Waals surface area contributed by atoms with Crippen LogP contribution in [0.5, 0.6) is 0 Å². The maximum absolute atomic E-state index is 11.8. The minimum Gasteiger partial charge on any atom is -0.343 e. The van der Waals surface area contributed by atoms with Crippen LogP contribution in [0.25, 0.3) is 6.08 Å². The summed E-state index contributed by atoms with van der Waals surface area (Å²) in [5, 5.41) is 10.0. The molecule has 0 aliphatic rings. The number of benzene rings is 1. The molecule has 0 saturated carbocycles.